The maximum atomic E-state index is 9.24. The van der Waals surface area contributed by atoms with Crippen LogP contribution in [0.25, 0.3) is 0 Å². The summed E-state index contributed by atoms with van der Waals surface area (Å²) in [5.41, 5.74) is -0.0584. The lowest BCUT2D eigenvalue weighted by Crippen LogP contribution is -2.49. The molecule has 4 nitrogen and oxygen atoms in total. The van der Waals surface area contributed by atoms with Gasteiger partial charge < -0.3 is 15.3 Å². The van der Waals surface area contributed by atoms with Crippen molar-refractivity contribution in [1.29, 1.82) is 0 Å². The Bertz CT molecular complexity index is 262. The SMILES string of the molecule is C=CCC(CC=C)(CCCO)N(CCCCO)CCCCO. The van der Waals surface area contributed by atoms with Gasteiger partial charge in [-0.15, -0.1) is 13.2 Å². The van der Waals surface area contributed by atoms with Crippen molar-refractivity contribution >= 4 is 0 Å². The van der Waals surface area contributed by atoms with Crippen LogP contribution in [0.1, 0.15) is 51.4 Å². The van der Waals surface area contributed by atoms with Crippen molar-refractivity contribution in [3.05, 3.63) is 25.3 Å². The predicted molar refractivity (Wildman–Crippen MR) is 92.9 cm³/mol. The summed E-state index contributed by atoms with van der Waals surface area (Å²) in [5.74, 6) is 0. The van der Waals surface area contributed by atoms with E-state index in [1.165, 1.54) is 0 Å². The van der Waals surface area contributed by atoms with Crippen LogP contribution in [0, 0.1) is 0 Å². The van der Waals surface area contributed by atoms with Crippen LogP contribution in [-0.2, 0) is 0 Å². The van der Waals surface area contributed by atoms with Gasteiger partial charge >= 0.3 is 0 Å². The molecule has 0 atom stereocenters. The van der Waals surface area contributed by atoms with E-state index < -0.39 is 0 Å². The molecule has 0 aromatic heterocycles. The second-order valence-electron chi connectivity index (χ2n) is 5.89. The van der Waals surface area contributed by atoms with Crippen LogP contribution in [0.2, 0.25) is 0 Å². The first-order valence-corrected chi connectivity index (χ1v) is 8.50. The van der Waals surface area contributed by atoms with E-state index >= 15 is 0 Å². The minimum Gasteiger partial charge on any atom is -0.396 e. The zero-order valence-corrected chi connectivity index (χ0v) is 14.1. The molecule has 130 valence electrons. The molecule has 0 spiro atoms. The smallest absolute Gasteiger partial charge is 0.0431 e. The second-order valence-corrected chi connectivity index (χ2v) is 5.89. The van der Waals surface area contributed by atoms with Gasteiger partial charge in [0.15, 0.2) is 0 Å². The summed E-state index contributed by atoms with van der Waals surface area (Å²) in [6.45, 7) is 10.3. The van der Waals surface area contributed by atoms with Crippen molar-refractivity contribution in [3.63, 3.8) is 0 Å². The predicted octanol–water partition coefficient (Wildman–Crippen LogP) is 2.50. The van der Waals surface area contributed by atoms with Crippen LogP contribution in [0.15, 0.2) is 25.3 Å². The largest absolute Gasteiger partial charge is 0.396 e. The Morgan fingerprint density at radius 3 is 1.55 bits per heavy atom. The third-order valence-electron chi connectivity index (χ3n) is 4.19. The Kier molecular flexibility index (Phi) is 13.5. The monoisotopic (exact) mass is 313 g/mol. The van der Waals surface area contributed by atoms with E-state index in [1.807, 2.05) is 12.2 Å². The first-order chi connectivity index (χ1) is 10.7. The lowest BCUT2D eigenvalue weighted by atomic mass is 9.83. The molecule has 0 aromatic carbocycles. The Balaban J connectivity index is 5.06. The summed E-state index contributed by atoms with van der Waals surface area (Å²) in [4.78, 5) is 2.46. The Labute approximate surface area is 136 Å². The molecule has 0 radical (unpaired) electrons. The van der Waals surface area contributed by atoms with Crippen molar-refractivity contribution in [2.24, 2.45) is 0 Å². The van der Waals surface area contributed by atoms with E-state index in [-0.39, 0.29) is 25.4 Å². The summed E-state index contributed by atoms with van der Waals surface area (Å²) >= 11 is 0. The molecule has 0 aromatic rings. The molecule has 0 saturated heterocycles. The summed E-state index contributed by atoms with van der Waals surface area (Å²) in [6.07, 6.45) is 10.8. The standard InChI is InChI=1S/C18H35NO3/c1-3-10-18(11-4-2,12-9-17-22)19(13-5-7-15-20)14-6-8-16-21/h3-4,20-22H,1-2,5-17H2. The Hall–Kier alpha value is -0.680. The zero-order chi connectivity index (χ0) is 16.7. The number of unbranched alkanes of at least 4 members (excludes halogenated alkanes) is 2. The van der Waals surface area contributed by atoms with Crippen LogP contribution in [0.3, 0.4) is 0 Å². The zero-order valence-electron chi connectivity index (χ0n) is 14.1. The van der Waals surface area contributed by atoms with Gasteiger partial charge in [0.1, 0.15) is 0 Å². The molecule has 0 unspecified atom stereocenters. The Morgan fingerprint density at radius 1 is 0.727 bits per heavy atom. The minimum atomic E-state index is -0.0584. The molecule has 4 heteroatoms. The van der Waals surface area contributed by atoms with Gasteiger partial charge in [-0.05, 0) is 64.5 Å². The van der Waals surface area contributed by atoms with E-state index in [0.717, 1.165) is 64.5 Å². The van der Waals surface area contributed by atoms with Gasteiger partial charge in [-0.3, -0.25) is 4.90 Å². The molecule has 3 N–H and O–H groups in total. The Morgan fingerprint density at radius 2 is 1.18 bits per heavy atom. The summed E-state index contributed by atoms with van der Waals surface area (Å²) in [5, 5.41) is 27.3. The fourth-order valence-electron chi connectivity index (χ4n) is 3.06. The van der Waals surface area contributed by atoms with Crippen molar-refractivity contribution in [1.82, 2.24) is 4.90 Å². The number of aliphatic hydroxyl groups is 3. The molecule has 0 rings (SSSR count). The van der Waals surface area contributed by atoms with Gasteiger partial charge in [0.25, 0.3) is 0 Å². The van der Waals surface area contributed by atoms with Crippen LogP contribution in [0.5, 0.6) is 0 Å². The van der Waals surface area contributed by atoms with Gasteiger partial charge in [-0.1, -0.05) is 12.2 Å². The van der Waals surface area contributed by atoms with Crippen LogP contribution >= 0.6 is 0 Å². The summed E-state index contributed by atoms with van der Waals surface area (Å²) in [7, 11) is 0. The fraction of sp³-hybridized carbons (Fsp3) is 0.778. The molecule has 0 aliphatic carbocycles. The molecule has 22 heavy (non-hydrogen) atoms. The fourth-order valence-corrected chi connectivity index (χ4v) is 3.06. The normalized spacial score (nSPS) is 11.8. The highest BCUT2D eigenvalue weighted by Gasteiger charge is 2.33. The first kappa shape index (κ1) is 21.3. The number of nitrogens with zero attached hydrogens (tertiary/aromatic N) is 1. The van der Waals surface area contributed by atoms with Gasteiger partial charge in [-0.25, -0.2) is 0 Å². The molecule has 0 saturated carbocycles. The van der Waals surface area contributed by atoms with Gasteiger partial charge in [0.05, 0.1) is 0 Å². The molecule has 0 aliphatic heterocycles. The molecule has 0 heterocycles. The minimum absolute atomic E-state index is 0.0584. The van der Waals surface area contributed by atoms with Crippen molar-refractivity contribution in [2.45, 2.75) is 56.9 Å². The van der Waals surface area contributed by atoms with Crippen LogP contribution < -0.4 is 0 Å². The molecule has 0 amide bonds. The molecule has 0 fully saturated rings. The number of rotatable bonds is 16. The number of aliphatic hydroxyl groups excluding tert-OH is 3. The lowest BCUT2D eigenvalue weighted by Gasteiger charge is -2.44. The molecular weight excluding hydrogens is 278 g/mol. The highest BCUT2D eigenvalue weighted by atomic mass is 16.3. The first-order valence-electron chi connectivity index (χ1n) is 8.50. The average molecular weight is 313 g/mol. The van der Waals surface area contributed by atoms with Crippen LogP contribution in [0.4, 0.5) is 0 Å². The maximum absolute atomic E-state index is 9.24. The van der Waals surface area contributed by atoms with Gasteiger partial charge in [0, 0.05) is 25.4 Å². The second kappa shape index (κ2) is 13.9. The average Bonchev–Trinajstić information content (AvgIpc) is 2.52. The highest BCUT2D eigenvalue weighted by molar-refractivity contribution is 5.00. The van der Waals surface area contributed by atoms with Gasteiger partial charge in [0.2, 0.25) is 0 Å². The van der Waals surface area contributed by atoms with E-state index in [4.69, 9.17) is 10.2 Å². The van der Waals surface area contributed by atoms with E-state index in [0.29, 0.717) is 0 Å². The van der Waals surface area contributed by atoms with E-state index in [1.54, 1.807) is 0 Å². The third kappa shape index (κ3) is 8.08. The number of hydrogen-bond acceptors (Lipinski definition) is 4. The van der Waals surface area contributed by atoms with E-state index in [2.05, 4.69) is 18.1 Å². The number of hydrogen-bond donors (Lipinski definition) is 3. The third-order valence-corrected chi connectivity index (χ3v) is 4.19. The molecular formula is C18H35NO3. The summed E-state index contributed by atoms with van der Waals surface area (Å²) < 4.78 is 0. The van der Waals surface area contributed by atoms with E-state index in [9.17, 15) is 5.11 Å². The summed E-state index contributed by atoms with van der Waals surface area (Å²) in [6, 6.07) is 0. The molecule has 0 aliphatic rings. The molecule has 0 bridgehead atoms. The van der Waals surface area contributed by atoms with Crippen LogP contribution in [-0.4, -0.2) is 58.7 Å². The highest BCUT2D eigenvalue weighted by Crippen LogP contribution is 2.31. The van der Waals surface area contributed by atoms with Crippen molar-refractivity contribution < 1.29 is 15.3 Å². The lowest BCUT2D eigenvalue weighted by molar-refractivity contribution is 0.0670. The quantitative estimate of drug-likeness (QED) is 0.303. The van der Waals surface area contributed by atoms with Crippen molar-refractivity contribution in [2.75, 3.05) is 32.9 Å². The topological polar surface area (TPSA) is 63.9 Å². The van der Waals surface area contributed by atoms with Gasteiger partial charge in [-0.2, -0.15) is 0 Å². The maximum Gasteiger partial charge on any atom is 0.0431 e. The van der Waals surface area contributed by atoms with Crippen molar-refractivity contribution in [3.8, 4) is 0 Å².